The SMILES string of the molecule is CCC(C)(C)CCC(C)(C)/C=C\CC(C)(C)CCC(C)(C)C(=O)NCC(C)(C)COCC(C)(C)CNC(=O)CC(C)(C)COCC(C)(C)CNC(=O)[C@H](CCC(=O)NCC(C)(C)COCC(C)(C)CC(=O)NCC(C)(C)COCC(C)(C)CNC(=O)C(C)(C)CCC(C)(C)C)NC(=O)CCOCCOCCNC(=O)CCN1C(=O)CC(C)C1=O. The standard InChI is InChI=1S/C94H175N9O16/c1-32-82(6,7)41-42-83(8,9)38-33-39-84(10,11)43-45-94(30,31)80(113)101-60-92(26,27)68-119-65-89(20,21)57-98-75(108)54-86(14,15)62-117-66-90(22,23)58-99-77(110)70(102-73(106)37-48-114-50-51-115-49-46-95-72(105)36-47-103-76(109)52-69(2)78(103)111)34-35-71(104)96-55-87(16,17)63-116-61-85(12,13)53-74(107)97-56-88(18,19)64-118-67-91(24,25)59-100-79(112)93(28,29)44-40-81(3,4)5/h33,38,69-70H,32,34-37,39-68H2,1-31H3,(H,95,105)(H,96,104)(H,97,107)(H,98,108)(H,99,110)(H,100,112)(H,101,113)(H,102,106)/b38-33-/t69?,70-/m0/s1. The molecular weight excluding hydrogens is 1510 g/mol. The summed E-state index contributed by atoms with van der Waals surface area (Å²) in [6, 6.07) is -1.08. The monoisotopic (exact) mass is 1690 g/mol. The van der Waals surface area contributed by atoms with E-state index < -0.39 is 50.3 Å². The lowest BCUT2D eigenvalue weighted by atomic mass is 9.75. The van der Waals surface area contributed by atoms with E-state index in [1.165, 1.54) is 12.8 Å². The summed E-state index contributed by atoms with van der Waals surface area (Å²) in [5, 5.41) is 24.1. The first-order chi connectivity index (χ1) is 54.2. The number of nitrogens with one attached hydrogen (secondary N) is 8. The number of nitrogens with zero attached hydrogens (tertiary/aromatic N) is 1. The summed E-state index contributed by atoms with van der Waals surface area (Å²) in [6.07, 6.45) is 13.1. The van der Waals surface area contributed by atoms with Gasteiger partial charge in [-0.1, -0.05) is 233 Å². The summed E-state index contributed by atoms with van der Waals surface area (Å²) >= 11 is 0. The molecule has 1 heterocycles. The van der Waals surface area contributed by atoms with Crippen LogP contribution in [0.25, 0.3) is 0 Å². The minimum Gasteiger partial charge on any atom is -0.380 e. The van der Waals surface area contributed by atoms with Crippen LogP contribution >= 0.6 is 0 Å². The van der Waals surface area contributed by atoms with Gasteiger partial charge in [0.05, 0.1) is 79.3 Å². The van der Waals surface area contributed by atoms with Crippen LogP contribution < -0.4 is 42.5 Å². The number of carbonyl (C=O) groups excluding carboxylic acids is 10. The van der Waals surface area contributed by atoms with Crippen molar-refractivity contribution in [3.8, 4) is 0 Å². The van der Waals surface area contributed by atoms with E-state index in [9.17, 15) is 47.9 Å². The molecule has 0 spiro atoms. The topological polar surface area (TPSA) is 326 Å². The van der Waals surface area contributed by atoms with Gasteiger partial charge in [-0.05, 0) is 83.9 Å². The normalized spacial score (nSPS) is 15.1. The van der Waals surface area contributed by atoms with Gasteiger partial charge in [0.25, 0.3) is 0 Å². The predicted molar refractivity (Wildman–Crippen MR) is 476 cm³/mol. The van der Waals surface area contributed by atoms with Crippen molar-refractivity contribution >= 4 is 59.1 Å². The van der Waals surface area contributed by atoms with Gasteiger partial charge in [0.1, 0.15) is 6.04 Å². The fourth-order valence-corrected chi connectivity index (χ4v) is 12.7. The molecule has 119 heavy (non-hydrogen) atoms. The molecule has 0 aromatic heterocycles. The first-order valence-corrected chi connectivity index (χ1v) is 44.3. The van der Waals surface area contributed by atoms with Crippen molar-refractivity contribution in [2.45, 2.75) is 317 Å². The van der Waals surface area contributed by atoms with Gasteiger partial charge in [-0.3, -0.25) is 52.8 Å². The van der Waals surface area contributed by atoms with Crippen LogP contribution in [-0.4, -0.2) is 202 Å². The highest BCUT2D eigenvalue weighted by molar-refractivity contribution is 6.03. The summed E-state index contributed by atoms with van der Waals surface area (Å²) in [4.78, 5) is 132. The molecule has 0 aromatic carbocycles. The van der Waals surface area contributed by atoms with Crippen molar-refractivity contribution in [3.05, 3.63) is 12.2 Å². The molecule has 0 radical (unpaired) electrons. The largest absolute Gasteiger partial charge is 0.380 e. The molecule has 25 heteroatoms. The zero-order valence-corrected chi connectivity index (χ0v) is 81.0. The molecule has 0 aromatic rings. The van der Waals surface area contributed by atoms with E-state index in [0.29, 0.717) is 58.0 Å². The third-order valence-corrected chi connectivity index (χ3v) is 22.3. The highest BCUT2D eigenvalue weighted by Crippen LogP contribution is 2.38. The molecule has 1 aliphatic rings. The van der Waals surface area contributed by atoms with Crippen LogP contribution in [0.2, 0.25) is 0 Å². The van der Waals surface area contributed by atoms with Crippen LogP contribution in [0, 0.1) is 81.7 Å². The summed E-state index contributed by atoms with van der Waals surface area (Å²) in [5.74, 6) is -2.68. The van der Waals surface area contributed by atoms with Gasteiger partial charge in [-0.15, -0.1) is 0 Å². The van der Waals surface area contributed by atoms with Crippen molar-refractivity contribution in [1.82, 2.24) is 47.4 Å². The highest BCUT2D eigenvalue weighted by Gasteiger charge is 2.38. The average Bonchev–Trinajstić information content (AvgIpc) is 1.70. The van der Waals surface area contributed by atoms with Crippen LogP contribution in [0.3, 0.4) is 0 Å². The minimum atomic E-state index is -1.08. The zero-order chi connectivity index (χ0) is 91.6. The Morgan fingerprint density at radius 3 is 1.18 bits per heavy atom. The quantitative estimate of drug-likeness (QED) is 0.0159. The Labute approximate surface area is 721 Å². The van der Waals surface area contributed by atoms with Crippen molar-refractivity contribution in [2.24, 2.45) is 81.7 Å². The number of hydrogen-bond donors (Lipinski definition) is 8. The van der Waals surface area contributed by atoms with Gasteiger partial charge in [0, 0.05) is 140 Å². The van der Waals surface area contributed by atoms with Gasteiger partial charge in [0.15, 0.2) is 0 Å². The molecule has 1 unspecified atom stereocenters. The summed E-state index contributed by atoms with van der Waals surface area (Å²) in [6.45, 7) is 70.3. The van der Waals surface area contributed by atoms with Crippen LogP contribution in [0.4, 0.5) is 0 Å². The third-order valence-electron chi connectivity index (χ3n) is 22.3. The van der Waals surface area contributed by atoms with Gasteiger partial charge < -0.3 is 71.0 Å². The summed E-state index contributed by atoms with van der Waals surface area (Å²) < 4.78 is 36.2. The van der Waals surface area contributed by atoms with Gasteiger partial charge >= 0.3 is 0 Å². The van der Waals surface area contributed by atoms with Crippen LogP contribution in [-0.2, 0) is 76.4 Å². The average molecular weight is 1690 g/mol. The second-order valence-corrected chi connectivity index (χ2v) is 45.9. The van der Waals surface area contributed by atoms with E-state index >= 15 is 0 Å². The maximum absolute atomic E-state index is 14.1. The van der Waals surface area contributed by atoms with Crippen molar-refractivity contribution in [2.75, 3.05) is 132 Å². The van der Waals surface area contributed by atoms with Crippen molar-refractivity contribution < 1.29 is 76.4 Å². The molecule has 10 amide bonds. The van der Waals surface area contributed by atoms with Gasteiger partial charge in [-0.2, -0.15) is 0 Å². The molecule has 1 fully saturated rings. The lowest BCUT2D eigenvalue weighted by Gasteiger charge is -2.33. The van der Waals surface area contributed by atoms with E-state index in [-0.39, 0.29) is 215 Å². The van der Waals surface area contributed by atoms with E-state index in [1.54, 1.807) is 6.92 Å². The number of hydrogen-bond acceptors (Lipinski definition) is 16. The van der Waals surface area contributed by atoms with Crippen LogP contribution in [0.5, 0.6) is 0 Å². The van der Waals surface area contributed by atoms with Crippen molar-refractivity contribution in [1.29, 1.82) is 0 Å². The molecule has 1 rings (SSSR count). The van der Waals surface area contributed by atoms with Gasteiger partial charge in [-0.25, -0.2) is 0 Å². The van der Waals surface area contributed by atoms with Crippen molar-refractivity contribution in [3.63, 3.8) is 0 Å². The number of ether oxygens (including phenoxy) is 6. The number of amides is 10. The number of rotatable bonds is 63. The molecule has 0 bridgehead atoms. The van der Waals surface area contributed by atoms with Gasteiger partial charge in [0.2, 0.25) is 59.1 Å². The number of allylic oxidation sites excluding steroid dienone is 2. The lowest BCUT2D eigenvalue weighted by molar-refractivity contribution is -0.140. The van der Waals surface area contributed by atoms with Crippen LogP contribution in [0.1, 0.15) is 311 Å². The van der Waals surface area contributed by atoms with E-state index in [4.69, 9.17) is 28.4 Å². The Hall–Kier alpha value is -5.60. The fourth-order valence-electron chi connectivity index (χ4n) is 12.7. The smallest absolute Gasteiger partial charge is 0.242 e. The minimum absolute atomic E-state index is 0.0104. The molecule has 25 nitrogen and oxygen atoms in total. The Morgan fingerprint density at radius 2 is 0.773 bits per heavy atom. The molecule has 692 valence electrons. The molecule has 2 atom stereocenters. The highest BCUT2D eigenvalue weighted by atomic mass is 16.5. The number of carbonyl (C=O) groups is 10. The second kappa shape index (κ2) is 49.2. The Balaban J connectivity index is 2.84. The Bertz CT molecular complexity index is 3190. The molecular formula is C94H175N9O16. The number of likely N-dealkylation sites (tertiary alicyclic amines) is 1. The lowest BCUT2D eigenvalue weighted by Crippen LogP contribution is -2.50. The Kier molecular flexibility index (Phi) is 46.0. The van der Waals surface area contributed by atoms with E-state index in [0.717, 1.165) is 43.4 Å². The molecule has 8 N–H and O–H groups in total. The number of imide groups is 1. The molecule has 0 saturated carbocycles. The summed E-state index contributed by atoms with van der Waals surface area (Å²) in [5.41, 5.74) is -3.84. The fraction of sp³-hybridized carbons (Fsp3) is 0.872. The second-order valence-electron chi connectivity index (χ2n) is 45.9. The first kappa shape index (κ1) is 111. The molecule has 1 saturated heterocycles. The molecule has 1 aliphatic heterocycles. The van der Waals surface area contributed by atoms with Crippen LogP contribution in [0.15, 0.2) is 12.2 Å². The van der Waals surface area contributed by atoms with E-state index in [1.807, 2.05) is 111 Å². The summed E-state index contributed by atoms with van der Waals surface area (Å²) in [7, 11) is 0. The maximum atomic E-state index is 14.1. The Morgan fingerprint density at radius 1 is 0.395 bits per heavy atom. The maximum Gasteiger partial charge on any atom is 0.242 e. The zero-order valence-electron chi connectivity index (χ0n) is 81.0. The molecule has 0 aliphatic carbocycles. The third kappa shape index (κ3) is 51.9. The van der Waals surface area contributed by atoms with E-state index in [2.05, 4.69) is 152 Å². The predicted octanol–water partition coefficient (Wildman–Crippen LogP) is 14.2. The first-order valence-electron chi connectivity index (χ1n) is 44.3.